The Bertz CT molecular complexity index is 1310. The number of nitrogens with two attached hydrogens (primary N) is 1. The molecule has 5 nitrogen and oxygen atoms in total. The predicted molar refractivity (Wildman–Crippen MR) is 167 cm³/mol. The molecular weight excluding hydrogens is 538 g/mol. The quantitative estimate of drug-likeness (QED) is 0.162. The highest BCUT2D eigenvalue weighted by atomic mass is 32.2. The lowest BCUT2D eigenvalue weighted by Gasteiger charge is -2.29. The van der Waals surface area contributed by atoms with Crippen molar-refractivity contribution in [1.82, 2.24) is 4.90 Å². The molecule has 0 radical (unpaired) electrons. The van der Waals surface area contributed by atoms with Gasteiger partial charge in [0.25, 0.3) is 0 Å². The zero-order chi connectivity index (χ0) is 29.8. The summed E-state index contributed by atoms with van der Waals surface area (Å²) in [4.78, 5) is 22.8. The van der Waals surface area contributed by atoms with Crippen LogP contribution in [0.3, 0.4) is 0 Å². The molecule has 4 rings (SSSR count). The number of rotatable bonds is 9. The molecule has 0 fully saturated rings. The number of anilines is 1. The molecule has 0 heterocycles. The minimum atomic E-state index is -0.268. The predicted octanol–water partition coefficient (Wildman–Crippen LogP) is 7.52. The Morgan fingerprint density at radius 1 is 1.02 bits per heavy atom. The van der Waals surface area contributed by atoms with Gasteiger partial charge in [-0.3, -0.25) is 9.93 Å². The van der Waals surface area contributed by atoms with Gasteiger partial charge in [-0.05, 0) is 116 Å². The Morgan fingerprint density at radius 3 is 2.22 bits per heavy atom. The summed E-state index contributed by atoms with van der Waals surface area (Å²) < 4.78 is 25.5. The van der Waals surface area contributed by atoms with Gasteiger partial charge in [-0.1, -0.05) is 31.7 Å². The van der Waals surface area contributed by atoms with E-state index in [1.165, 1.54) is 54.4 Å². The number of fused-ring (bicyclic) bond motifs is 1. The van der Waals surface area contributed by atoms with Crippen molar-refractivity contribution in [3.63, 3.8) is 0 Å². The topological polar surface area (TPSA) is 61.9 Å². The Hall–Kier alpha value is -3.49. The fourth-order valence-electron chi connectivity index (χ4n) is 4.70. The number of carbonyl (C=O) groups is 1. The molecule has 1 unspecified atom stereocenters. The average Bonchev–Trinajstić information content (AvgIpc) is 2.99. The van der Waals surface area contributed by atoms with Gasteiger partial charge in [0.15, 0.2) is 0 Å². The van der Waals surface area contributed by atoms with Gasteiger partial charge in [-0.25, -0.2) is 13.8 Å². The second-order valence-corrected chi connectivity index (χ2v) is 10.8. The number of amidine groups is 1. The molecule has 1 aliphatic rings. The molecular formula is C33H40F2N4OS. The van der Waals surface area contributed by atoms with Gasteiger partial charge in [-0.15, -0.1) is 0 Å². The molecule has 0 saturated heterocycles. The zero-order valence-electron chi connectivity index (χ0n) is 24.2. The van der Waals surface area contributed by atoms with E-state index in [4.69, 9.17) is 5.14 Å². The summed E-state index contributed by atoms with van der Waals surface area (Å²) in [6.07, 6.45) is 6.43. The molecule has 41 heavy (non-hydrogen) atoms. The maximum absolute atomic E-state index is 13.6. The summed E-state index contributed by atoms with van der Waals surface area (Å²) in [6, 6.07) is 18.9. The highest BCUT2D eigenvalue weighted by Gasteiger charge is 2.23. The second kappa shape index (κ2) is 16.1. The summed E-state index contributed by atoms with van der Waals surface area (Å²) in [5.41, 5.74) is 4.58. The number of halogens is 2. The first kappa shape index (κ1) is 32.0. The van der Waals surface area contributed by atoms with E-state index in [1.54, 1.807) is 24.3 Å². The maximum atomic E-state index is 13.6. The largest absolute Gasteiger partial charge is 0.362 e. The average molecular weight is 579 g/mol. The summed E-state index contributed by atoms with van der Waals surface area (Å²) >= 11 is 1.11. The standard InChI is InChI=1S/C27H34FN3O.C6H6FNS/c1-5-29-26(30(4)6-2)19-31(25-16-13-22-9-7-8-10-23(22)18-25)27(32)17-20(3)21-11-14-24(28)15-12-21;7-5-1-3-6(9-8)4-2-5/h5,11-16,18,20H,1,6-10,17,19H2,2-4H3;1-4H,8H2. The molecule has 0 bridgehead atoms. The number of carbonyl (C=O) groups excluding carboxylic acids is 1. The van der Waals surface area contributed by atoms with Crippen LogP contribution in [0.4, 0.5) is 14.5 Å². The van der Waals surface area contributed by atoms with Crippen LogP contribution in [0.1, 0.15) is 55.7 Å². The number of hydrogen-bond acceptors (Lipinski definition) is 4. The molecule has 1 aliphatic carbocycles. The van der Waals surface area contributed by atoms with Crippen molar-refractivity contribution in [2.45, 2.75) is 56.8 Å². The monoisotopic (exact) mass is 578 g/mol. The van der Waals surface area contributed by atoms with Crippen LogP contribution in [0.15, 0.2) is 89.4 Å². The third-order valence-corrected chi connectivity index (χ3v) is 7.81. The summed E-state index contributed by atoms with van der Waals surface area (Å²) in [7, 11) is 1.97. The highest BCUT2D eigenvalue weighted by Crippen LogP contribution is 2.28. The Labute approximate surface area is 247 Å². The normalized spacial score (nSPS) is 13.4. The number of hydrogen-bond donors (Lipinski definition) is 1. The number of amides is 1. The van der Waals surface area contributed by atoms with Crippen molar-refractivity contribution in [3.8, 4) is 0 Å². The Morgan fingerprint density at radius 2 is 1.63 bits per heavy atom. The number of aryl methyl sites for hydroxylation is 2. The van der Waals surface area contributed by atoms with Crippen molar-refractivity contribution in [2.75, 3.05) is 25.0 Å². The van der Waals surface area contributed by atoms with Crippen molar-refractivity contribution in [3.05, 3.63) is 108 Å². The van der Waals surface area contributed by atoms with Crippen molar-refractivity contribution in [2.24, 2.45) is 10.1 Å². The van der Waals surface area contributed by atoms with Crippen LogP contribution in [-0.2, 0) is 17.6 Å². The van der Waals surface area contributed by atoms with Gasteiger partial charge in [-0.2, -0.15) is 0 Å². The zero-order valence-corrected chi connectivity index (χ0v) is 25.0. The minimum Gasteiger partial charge on any atom is -0.362 e. The van der Waals surface area contributed by atoms with Crippen LogP contribution in [0, 0.1) is 11.6 Å². The van der Waals surface area contributed by atoms with Crippen molar-refractivity contribution in [1.29, 1.82) is 0 Å². The number of likely N-dealkylation sites (N-methyl/N-ethyl adjacent to an activating group) is 1. The van der Waals surface area contributed by atoms with Crippen molar-refractivity contribution < 1.29 is 13.6 Å². The van der Waals surface area contributed by atoms with Gasteiger partial charge in [0.2, 0.25) is 5.91 Å². The molecule has 0 aliphatic heterocycles. The first-order valence-electron chi connectivity index (χ1n) is 13.9. The molecule has 3 aromatic rings. The third kappa shape index (κ3) is 9.54. The fourth-order valence-corrected chi connectivity index (χ4v) is 4.99. The van der Waals surface area contributed by atoms with Crippen molar-refractivity contribution >= 4 is 29.4 Å². The smallest absolute Gasteiger partial charge is 0.228 e. The minimum absolute atomic E-state index is 0.0214. The van der Waals surface area contributed by atoms with Gasteiger partial charge in [0.05, 0.1) is 6.54 Å². The van der Waals surface area contributed by atoms with E-state index in [1.807, 2.05) is 23.8 Å². The van der Waals surface area contributed by atoms with E-state index in [0.717, 1.165) is 53.3 Å². The summed E-state index contributed by atoms with van der Waals surface area (Å²) in [5, 5.41) is 5.19. The number of aliphatic imine (C=N–C) groups is 1. The van der Waals surface area contributed by atoms with E-state index in [2.05, 4.69) is 36.7 Å². The van der Waals surface area contributed by atoms with Gasteiger partial charge in [0, 0.05) is 36.8 Å². The Balaban J connectivity index is 0.000000436. The van der Waals surface area contributed by atoms with E-state index in [-0.39, 0.29) is 23.5 Å². The van der Waals surface area contributed by atoms with Crippen LogP contribution < -0.4 is 10.0 Å². The van der Waals surface area contributed by atoms with Gasteiger partial charge < -0.3 is 9.80 Å². The van der Waals surface area contributed by atoms with Crippen LogP contribution in [0.25, 0.3) is 0 Å². The van der Waals surface area contributed by atoms with E-state index in [9.17, 15) is 13.6 Å². The first-order chi connectivity index (χ1) is 19.7. The first-order valence-corrected chi connectivity index (χ1v) is 14.8. The third-order valence-electron chi connectivity index (χ3n) is 7.27. The molecule has 3 aromatic carbocycles. The summed E-state index contributed by atoms with van der Waals surface area (Å²) in [5.74, 6) is 0.303. The summed E-state index contributed by atoms with van der Waals surface area (Å²) in [6.45, 7) is 8.97. The van der Waals surface area contributed by atoms with E-state index >= 15 is 0 Å². The van der Waals surface area contributed by atoms with Gasteiger partial charge in [0.1, 0.15) is 17.5 Å². The molecule has 1 atom stereocenters. The van der Waals surface area contributed by atoms with Crippen LogP contribution in [0.2, 0.25) is 0 Å². The lowest BCUT2D eigenvalue weighted by molar-refractivity contribution is -0.118. The lowest BCUT2D eigenvalue weighted by Crippen LogP contribution is -2.42. The second-order valence-electron chi connectivity index (χ2n) is 10.1. The van der Waals surface area contributed by atoms with Crippen LogP contribution in [0.5, 0.6) is 0 Å². The number of nitrogens with zero attached hydrogens (tertiary/aromatic N) is 3. The molecule has 2 N–H and O–H groups in total. The molecule has 218 valence electrons. The lowest BCUT2D eigenvalue weighted by atomic mass is 9.91. The Kier molecular flexibility index (Phi) is 12.6. The van der Waals surface area contributed by atoms with Gasteiger partial charge >= 0.3 is 0 Å². The molecule has 0 aromatic heterocycles. The van der Waals surface area contributed by atoms with Crippen LogP contribution in [-0.4, -0.2) is 36.8 Å². The van der Waals surface area contributed by atoms with Crippen LogP contribution >= 0.6 is 11.9 Å². The van der Waals surface area contributed by atoms with E-state index in [0.29, 0.717) is 13.0 Å². The molecule has 1 amide bonds. The molecule has 8 heteroatoms. The fraction of sp³-hybridized carbons (Fsp3) is 0.333. The maximum Gasteiger partial charge on any atom is 0.228 e. The number of benzene rings is 3. The SMILES string of the molecule is C=CN=C(CN(C(=O)CC(C)c1ccc(F)cc1)c1ccc2c(c1)CCCC2)N(C)CC.NSc1ccc(F)cc1. The van der Waals surface area contributed by atoms with E-state index < -0.39 is 0 Å². The highest BCUT2D eigenvalue weighted by molar-refractivity contribution is 7.97. The molecule has 0 saturated carbocycles. The molecule has 0 spiro atoms.